The minimum Gasteiger partial charge on any atom is -0.294 e. The minimum atomic E-state index is 0.171. The summed E-state index contributed by atoms with van der Waals surface area (Å²) in [5.41, 5.74) is 1.96. The quantitative estimate of drug-likeness (QED) is 0.677. The van der Waals surface area contributed by atoms with Crippen molar-refractivity contribution in [2.24, 2.45) is 5.92 Å². The third-order valence-corrected chi connectivity index (χ3v) is 3.86. The zero-order valence-electron chi connectivity index (χ0n) is 11.8. The number of Topliss-reactive ketones (excluding diaryl/α,β-unsaturated/α-hetero) is 1. The van der Waals surface area contributed by atoms with Gasteiger partial charge in [0, 0.05) is 17.0 Å². The number of carbonyl (C=O) groups excluding carboxylic acids is 1. The SMILES string of the molecule is CC(C)C(CC(=O)c1ccc(Cl)cc1)c1ccccc1. The van der Waals surface area contributed by atoms with Crippen molar-refractivity contribution >= 4 is 17.4 Å². The van der Waals surface area contributed by atoms with E-state index >= 15 is 0 Å². The molecule has 104 valence electrons. The molecule has 0 radical (unpaired) electrons. The van der Waals surface area contributed by atoms with E-state index in [4.69, 9.17) is 11.6 Å². The van der Waals surface area contributed by atoms with E-state index in [9.17, 15) is 4.79 Å². The summed E-state index contributed by atoms with van der Waals surface area (Å²) in [6, 6.07) is 17.4. The van der Waals surface area contributed by atoms with Crippen molar-refractivity contribution in [1.29, 1.82) is 0 Å². The normalized spacial score (nSPS) is 12.4. The lowest BCUT2D eigenvalue weighted by Crippen LogP contribution is -2.12. The summed E-state index contributed by atoms with van der Waals surface area (Å²) in [6.07, 6.45) is 0.531. The minimum absolute atomic E-state index is 0.171. The fourth-order valence-corrected chi connectivity index (χ4v) is 2.52. The van der Waals surface area contributed by atoms with Crippen LogP contribution < -0.4 is 0 Å². The average molecular weight is 287 g/mol. The summed E-state index contributed by atoms with van der Waals surface area (Å²) in [5.74, 6) is 0.845. The standard InChI is InChI=1S/C18H19ClO/c1-13(2)17(14-6-4-3-5-7-14)12-18(20)15-8-10-16(19)11-9-15/h3-11,13,17H,12H2,1-2H3. The number of hydrogen-bond donors (Lipinski definition) is 0. The van der Waals surface area contributed by atoms with Crippen LogP contribution in [0.2, 0.25) is 5.02 Å². The van der Waals surface area contributed by atoms with E-state index < -0.39 is 0 Å². The van der Waals surface area contributed by atoms with Gasteiger partial charge in [0.1, 0.15) is 0 Å². The van der Waals surface area contributed by atoms with Gasteiger partial charge in [0.2, 0.25) is 0 Å². The van der Waals surface area contributed by atoms with Crippen molar-refractivity contribution in [3.63, 3.8) is 0 Å². The first kappa shape index (κ1) is 14.8. The van der Waals surface area contributed by atoms with Crippen molar-refractivity contribution in [3.05, 3.63) is 70.7 Å². The molecule has 2 rings (SSSR count). The van der Waals surface area contributed by atoms with Crippen molar-refractivity contribution < 1.29 is 4.79 Å². The number of carbonyl (C=O) groups is 1. The lowest BCUT2D eigenvalue weighted by molar-refractivity contribution is 0.0966. The summed E-state index contributed by atoms with van der Waals surface area (Å²) in [5, 5.41) is 0.657. The smallest absolute Gasteiger partial charge is 0.163 e. The van der Waals surface area contributed by atoms with E-state index in [1.807, 2.05) is 18.2 Å². The summed E-state index contributed by atoms with van der Waals surface area (Å²) < 4.78 is 0. The van der Waals surface area contributed by atoms with Gasteiger partial charge in [-0.25, -0.2) is 0 Å². The van der Waals surface area contributed by atoms with Crippen molar-refractivity contribution in [2.45, 2.75) is 26.2 Å². The molecule has 0 saturated carbocycles. The molecule has 0 heterocycles. The third-order valence-electron chi connectivity index (χ3n) is 3.60. The van der Waals surface area contributed by atoms with E-state index in [0.717, 1.165) is 5.56 Å². The highest BCUT2D eigenvalue weighted by Gasteiger charge is 2.20. The second-order valence-electron chi connectivity index (χ2n) is 5.40. The highest BCUT2D eigenvalue weighted by atomic mass is 35.5. The van der Waals surface area contributed by atoms with Gasteiger partial charge in [-0.15, -0.1) is 0 Å². The van der Waals surface area contributed by atoms with Gasteiger partial charge < -0.3 is 0 Å². The van der Waals surface area contributed by atoms with Gasteiger partial charge in [-0.1, -0.05) is 55.8 Å². The van der Waals surface area contributed by atoms with Crippen LogP contribution in [0.3, 0.4) is 0 Å². The third kappa shape index (κ3) is 3.71. The van der Waals surface area contributed by atoms with E-state index in [1.54, 1.807) is 24.3 Å². The van der Waals surface area contributed by atoms with Gasteiger partial charge in [0.25, 0.3) is 0 Å². The van der Waals surface area contributed by atoms with Crippen LogP contribution in [0.1, 0.15) is 42.1 Å². The van der Waals surface area contributed by atoms with Crippen LogP contribution in [0, 0.1) is 5.92 Å². The first-order chi connectivity index (χ1) is 9.58. The molecule has 0 aliphatic carbocycles. The summed E-state index contributed by atoms with van der Waals surface area (Å²) in [4.78, 5) is 12.4. The maximum atomic E-state index is 12.4. The Morgan fingerprint density at radius 1 is 1.00 bits per heavy atom. The number of rotatable bonds is 5. The molecule has 0 fully saturated rings. The Morgan fingerprint density at radius 3 is 2.15 bits per heavy atom. The van der Waals surface area contributed by atoms with Crippen LogP contribution in [-0.4, -0.2) is 5.78 Å². The molecule has 0 N–H and O–H groups in total. The maximum Gasteiger partial charge on any atom is 0.163 e. The monoisotopic (exact) mass is 286 g/mol. The van der Waals surface area contributed by atoms with Crippen LogP contribution in [-0.2, 0) is 0 Å². The van der Waals surface area contributed by atoms with Crippen molar-refractivity contribution in [1.82, 2.24) is 0 Å². The molecular formula is C18H19ClO. The molecule has 0 amide bonds. The predicted molar refractivity (Wildman–Crippen MR) is 84.4 cm³/mol. The molecule has 0 bridgehead atoms. The molecule has 0 aliphatic heterocycles. The van der Waals surface area contributed by atoms with Gasteiger partial charge in [-0.2, -0.15) is 0 Å². The van der Waals surface area contributed by atoms with E-state index in [2.05, 4.69) is 26.0 Å². The molecule has 0 aliphatic rings. The molecule has 1 unspecified atom stereocenters. The van der Waals surface area contributed by atoms with Gasteiger partial charge in [0.15, 0.2) is 5.78 Å². The van der Waals surface area contributed by atoms with Crippen LogP contribution in [0.25, 0.3) is 0 Å². The second-order valence-corrected chi connectivity index (χ2v) is 5.83. The molecule has 0 spiro atoms. The van der Waals surface area contributed by atoms with Gasteiger partial charge >= 0.3 is 0 Å². The van der Waals surface area contributed by atoms with Crippen molar-refractivity contribution in [2.75, 3.05) is 0 Å². The van der Waals surface area contributed by atoms with Crippen LogP contribution in [0.5, 0.6) is 0 Å². The summed E-state index contributed by atoms with van der Waals surface area (Å²) >= 11 is 5.86. The molecule has 0 aromatic heterocycles. The summed E-state index contributed by atoms with van der Waals surface area (Å²) in [7, 11) is 0. The molecule has 0 saturated heterocycles. The average Bonchev–Trinajstić information content (AvgIpc) is 2.46. The van der Waals surface area contributed by atoms with Gasteiger partial charge in [-0.3, -0.25) is 4.79 Å². The predicted octanol–water partition coefficient (Wildman–Crippen LogP) is 5.35. The van der Waals surface area contributed by atoms with E-state index in [-0.39, 0.29) is 11.7 Å². The number of benzene rings is 2. The molecule has 2 aromatic rings. The molecule has 1 nitrogen and oxygen atoms in total. The number of hydrogen-bond acceptors (Lipinski definition) is 1. The fourth-order valence-electron chi connectivity index (χ4n) is 2.39. The van der Waals surface area contributed by atoms with Crippen LogP contribution in [0.4, 0.5) is 0 Å². The fraction of sp³-hybridized carbons (Fsp3) is 0.278. The lowest BCUT2D eigenvalue weighted by Gasteiger charge is -2.20. The first-order valence-corrected chi connectivity index (χ1v) is 7.29. The van der Waals surface area contributed by atoms with Crippen LogP contribution in [0.15, 0.2) is 54.6 Å². The lowest BCUT2D eigenvalue weighted by atomic mass is 9.83. The van der Waals surface area contributed by atoms with Crippen LogP contribution >= 0.6 is 11.6 Å². The molecule has 2 aromatic carbocycles. The molecular weight excluding hydrogens is 268 g/mol. The highest BCUT2D eigenvalue weighted by Crippen LogP contribution is 2.29. The molecule has 2 heteroatoms. The Labute approximate surface area is 125 Å². The van der Waals surface area contributed by atoms with Crippen molar-refractivity contribution in [3.8, 4) is 0 Å². The van der Waals surface area contributed by atoms with Gasteiger partial charge in [-0.05, 0) is 41.7 Å². The second kappa shape index (κ2) is 6.71. The zero-order valence-corrected chi connectivity index (χ0v) is 12.6. The largest absolute Gasteiger partial charge is 0.294 e. The number of ketones is 1. The Bertz CT molecular complexity index is 558. The Hall–Kier alpha value is -1.60. The van der Waals surface area contributed by atoms with Gasteiger partial charge in [0.05, 0.1) is 0 Å². The maximum absolute atomic E-state index is 12.4. The zero-order chi connectivity index (χ0) is 14.5. The van der Waals surface area contributed by atoms with E-state index in [1.165, 1.54) is 5.56 Å². The topological polar surface area (TPSA) is 17.1 Å². The Balaban J connectivity index is 2.17. The summed E-state index contributed by atoms with van der Waals surface area (Å²) in [6.45, 7) is 4.32. The van der Waals surface area contributed by atoms with E-state index in [0.29, 0.717) is 17.4 Å². The Kier molecular flexibility index (Phi) is 4.97. The highest BCUT2D eigenvalue weighted by molar-refractivity contribution is 6.30. The first-order valence-electron chi connectivity index (χ1n) is 6.91. The molecule has 20 heavy (non-hydrogen) atoms. The number of halogens is 1. The Morgan fingerprint density at radius 2 is 1.60 bits per heavy atom. The molecule has 1 atom stereocenters.